The van der Waals surface area contributed by atoms with Crippen molar-refractivity contribution in [3.63, 3.8) is 0 Å². The Balaban J connectivity index is 2.86. The van der Waals surface area contributed by atoms with Crippen LogP contribution in [-0.2, 0) is 4.74 Å². The van der Waals surface area contributed by atoms with Crippen LogP contribution in [0.3, 0.4) is 0 Å². The SMILES string of the molecule is CCNC(CC(C)(C)OC)c1ccc(C(C)C)cc1. The molecule has 0 aliphatic heterocycles. The van der Waals surface area contributed by atoms with E-state index in [1.165, 1.54) is 11.1 Å². The van der Waals surface area contributed by atoms with Crippen molar-refractivity contribution in [1.29, 1.82) is 0 Å². The molecule has 0 aromatic heterocycles. The number of nitrogens with one attached hydrogen (secondary N) is 1. The summed E-state index contributed by atoms with van der Waals surface area (Å²) in [5.41, 5.74) is 2.63. The van der Waals surface area contributed by atoms with Gasteiger partial charge in [-0.15, -0.1) is 0 Å². The van der Waals surface area contributed by atoms with Gasteiger partial charge in [-0.1, -0.05) is 45.0 Å². The van der Waals surface area contributed by atoms with E-state index in [9.17, 15) is 0 Å². The van der Waals surface area contributed by atoms with Crippen molar-refractivity contribution in [3.05, 3.63) is 35.4 Å². The summed E-state index contributed by atoms with van der Waals surface area (Å²) in [5, 5.41) is 3.56. The Bertz CT molecular complexity index is 367. The first kappa shape index (κ1) is 16.2. The van der Waals surface area contributed by atoms with Crippen LogP contribution in [0.1, 0.15) is 64.1 Å². The van der Waals surface area contributed by atoms with E-state index in [0.29, 0.717) is 12.0 Å². The highest BCUT2D eigenvalue weighted by Gasteiger charge is 2.23. The average molecular weight is 263 g/mol. The van der Waals surface area contributed by atoms with Crippen LogP contribution in [0, 0.1) is 0 Å². The molecule has 0 heterocycles. The Morgan fingerprint density at radius 3 is 2.05 bits per heavy atom. The van der Waals surface area contributed by atoms with Gasteiger partial charge in [0.15, 0.2) is 0 Å². The van der Waals surface area contributed by atoms with Crippen LogP contribution in [0.25, 0.3) is 0 Å². The van der Waals surface area contributed by atoms with Crippen LogP contribution in [-0.4, -0.2) is 19.3 Å². The third-order valence-corrected chi connectivity index (χ3v) is 3.70. The Morgan fingerprint density at radius 2 is 1.63 bits per heavy atom. The van der Waals surface area contributed by atoms with E-state index in [-0.39, 0.29) is 5.60 Å². The van der Waals surface area contributed by atoms with E-state index in [1.807, 2.05) is 0 Å². The van der Waals surface area contributed by atoms with E-state index in [4.69, 9.17) is 4.74 Å². The van der Waals surface area contributed by atoms with Crippen molar-refractivity contribution in [2.75, 3.05) is 13.7 Å². The molecule has 0 bridgehead atoms. The van der Waals surface area contributed by atoms with Gasteiger partial charge in [0.25, 0.3) is 0 Å². The fourth-order valence-corrected chi connectivity index (χ4v) is 2.24. The van der Waals surface area contributed by atoms with Crippen LogP contribution in [0.2, 0.25) is 0 Å². The predicted octanol–water partition coefficient (Wildman–Crippen LogP) is 4.28. The molecule has 1 atom stereocenters. The molecule has 0 aliphatic rings. The lowest BCUT2D eigenvalue weighted by molar-refractivity contribution is 0.00697. The maximum Gasteiger partial charge on any atom is 0.0640 e. The fourth-order valence-electron chi connectivity index (χ4n) is 2.24. The van der Waals surface area contributed by atoms with E-state index in [2.05, 4.69) is 64.2 Å². The second-order valence-corrected chi connectivity index (χ2v) is 6.10. The molecule has 1 unspecified atom stereocenters. The number of benzene rings is 1. The molecule has 19 heavy (non-hydrogen) atoms. The molecule has 0 aliphatic carbocycles. The third-order valence-electron chi connectivity index (χ3n) is 3.70. The summed E-state index contributed by atoms with van der Waals surface area (Å²) in [6.07, 6.45) is 0.971. The lowest BCUT2D eigenvalue weighted by Crippen LogP contribution is -2.32. The quantitative estimate of drug-likeness (QED) is 0.793. The number of rotatable bonds is 7. The van der Waals surface area contributed by atoms with Crippen LogP contribution < -0.4 is 5.32 Å². The maximum absolute atomic E-state index is 5.56. The maximum atomic E-state index is 5.56. The van der Waals surface area contributed by atoms with Gasteiger partial charge in [-0.3, -0.25) is 0 Å². The normalized spacial score (nSPS) is 13.8. The molecular formula is C17H29NO. The standard InChI is InChI=1S/C17H29NO/c1-7-18-16(12-17(4,5)19-6)15-10-8-14(9-11-15)13(2)3/h8-11,13,16,18H,7,12H2,1-6H3. The Kier molecular flexibility index (Phi) is 6.02. The Morgan fingerprint density at radius 1 is 1.11 bits per heavy atom. The Hall–Kier alpha value is -0.860. The minimum atomic E-state index is -0.108. The molecule has 2 heteroatoms. The minimum Gasteiger partial charge on any atom is -0.379 e. The summed E-state index contributed by atoms with van der Waals surface area (Å²) in [6, 6.07) is 9.32. The molecule has 0 spiro atoms. The van der Waals surface area contributed by atoms with Crippen LogP contribution in [0.5, 0.6) is 0 Å². The van der Waals surface area contributed by atoms with E-state index < -0.39 is 0 Å². The van der Waals surface area contributed by atoms with Crippen molar-refractivity contribution in [1.82, 2.24) is 5.32 Å². The van der Waals surface area contributed by atoms with Gasteiger partial charge >= 0.3 is 0 Å². The van der Waals surface area contributed by atoms with Gasteiger partial charge in [-0.25, -0.2) is 0 Å². The molecule has 0 radical (unpaired) electrons. The lowest BCUT2D eigenvalue weighted by atomic mass is 9.92. The molecule has 0 saturated carbocycles. The van der Waals surface area contributed by atoms with Gasteiger partial charge in [-0.05, 0) is 43.9 Å². The van der Waals surface area contributed by atoms with E-state index >= 15 is 0 Å². The lowest BCUT2D eigenvalue weighted by Gasteiger charge is -2.29. The van der Waals surface area contributed by atoms with Gasteiger partial charge in [0.05, 0.1) is 5.60 Å². The minimum absolute atomic E-state index is 0.108. The van der Waals surface area contributed by atoms with Crippen LogP contribution in [0.4, 0.5) is 0 Å². The monoisotopic (exact) mass is 263 g/mol. The molecule has 0 fully saturated rings. The molecule has 0 amide bonds. The van der Waals surface area contributed by atoms with Gasteiger partial charge in [-0.2, -0.15) is 0 Å². The van der Waals surface area contributed by atoms with Crippen molar-refractivity contribution in [2.45, 2.75) is 58.6 Å². The van der Waals surface area contributed by atoms with Gasteiger partial charge in [0, 0.05) is 13.2 Å². The Labute approximate surface area is 118 Å². The largest absolute Gasteiger partial charge is 0.379 e. The zero-order valence-electron chi connectivity index (χ0n) is 13.3. The van der Waals surface area contributed by atoms with Crippen molar-refractivity contribution < 1.29 is 4.74 Å². The number of methoxy groups -OCH3 is 1. The van der Waals surface area contributed by atoms with Crippen LogP contribution in [0.15, 0.2) is 24.3 Å². The average Bonchev–Trinajstić information content (AvgIpc) is 2.38. The highest BCUT2D eigenvalue weighted by Crippen LogP contribution is 2.27. The molecule has 108 valence electrons. The third kappa shape index (κ3) is 4.96. The number of hydrogen-bond donors (Lipinski definition) is 1. The number of hydrogen-bond acceptors (Lipinski definition) is 2. The smallest absolute Gasteiger partial charge is 0.0640 e. The topological polar surface area (TPSA) is 21.3 Å². The fraction of sp³-hybridized carbons (Fsp3) is 0.647. The summed E-state index contributed by atoms with van der Waals surface area (Å²) in [5.74, 6) is 0.585. The zero-order valence-corrected chi connectivity index (χ0v) is 13.3. The molecule has 1 aromatic rings. The highest BCUT2D eigenvalue weighted by molar-refractivity contribution is 5.27. The first-order valence-corrected chi connectivity index (χ1v) is 7.28. The van der Waals surface area contributed by atoms with Crippen molar-refractivity contribution in [2.24, 2.45) is 0 Å². The second-order valence-electron chi connectivity index (χ2n) is 6.10. The predicted molar refractivity (Wildman–Crippen MR) is 82.7 cm³/mol. The molecule has 2 nitrogen and oxygen atoms in total. The van der Waals surface area contributed by atoms with Gasteiger partial charge in [0.1, 0.15) is 0 Å². The molecular weight excluding hydrogens is 234 g/mol. The van der Waals surface area contributed by atoms with E-state index in [0.717, 1.165) is 13.0 Å². The number of ether oxygens (including phenoxy) is 1. The summed E-state index contributed by atoms with van der Waals surface area (Å²) >= 11 is 0. The molecule has 1 aromatic carbocycles. The van der Waals surface area contributed by atoms with Crippen molar-refractivity contribution in [3.8, 4) is 0 Å². The van der Waals surface area contributed by atoms with Gasteiger partial charge < -0.3 is 10.1 Å². The van der Waals surface area contributed by atoms with Crippen molar-refractivity contribution >= 4 is 0 Å². The van der Waals surface area contributed by atoms with E-state index in [1.54, 1.807) is 7.11 Å². The molecule has 1 N–H and O–H groups in total. The first-order chi connectivity index (χ1) is 8.89. The summed E-state index contributed by atoms with van der Waals surface area (Å²) in [6.45, 7) is 11.8. The zero-order chi connectivity index (χ0) is 14.5. The second kappa shape index (κ2) is 7.06. The molecule has 0 saturated heterocycles. The summed E-state index contributed by atoms with van der Waals surface area (Å²) < 4.78 is 5.56. The highest BCUT2D eigenvalue weighted by atomic mass is 16.5. The van der Waals surface area contributed by atoms with Crippen LogP contribution >= 0.6 is 0 Å². The van der Waals surface area contributed by atoms with Gasteiger partial charge in [0.2, 0.25) is 0 Å². The summed E-state index contributed by atoms with van der Waals surface area (Å²) in [7, 11) is 1.78. The molecule has 1 rings (SSSR count). The summed E-state index contributed by atoms with van der Waals surface area (Å²) in [4.78, 5) is 0. The first-order valence-electron chi connectivity index (χ1n) is 7.28.